The average molecular weight is 303 g/mol. The Morgan fingerprint density at radius 2 is 2.00 bits per heavy atom. The van der Waals surface area contributed by atoms with E-state index in [2.05, 4.69) is 39.4 Å². The van der Waals surface area contributed by atoms with Crippen LogP contribution in [-0.2, 0) is 0 Å². The van der Waals surface area contributed by atoms with Gasteiger partial charge in [-0.3, -0.25) is 4.90 Å². The van der Waals surface area contributed by atoms with Gasteiger partial charge in [0, 0.05) is 29.4 Å². The van der Waals surface area contributed by atoms with Crippen molar-refractivity contribution >= 4 is 17.4 Å². The third kappa shape index (κ3) is 3.17. The number of benzene rings is 1. The average Bonchev–Trinajstić information content (AvgIpc) is 2.81. The van der Waals surface area contributed by atoms with Crippen molar-refractivity contribution in [1.82, 2.24) is 14.9 Å². The first-order valence-electron chi connectivity index (χ1n) is 7.14. The highest BCUT2D eigenvalue weighted by Crippen LogP contribution is 2.33. The van der Waals surface area contributed by atoms with Gasteiger partial charge in [-0.25, -0.2) is 9.97 Å². The number of hydrogen-bond donors (Lipinski definition) is 1. The highest BCUT2D eigenvalue weighted by molar-refractivity contribution is 6.30. The van der Waals surface area contributed by atoms with Gasteiger partial charge in [0.2, 0.25) is 0 Å². The molecular weight excluding hydrogens is 284 g/mol. The van der Waals surface area contributed by atoms with Crippen molar-refractivity contribution in [2.75, 3.05) is 18.9 Å². The normalized spacial score (nSPS) is 22.4. The highest BCUT2D eigenvalue weighted by Gasteiger charge is 2.33. The van der Waals surface area contributed by atoms with E-state index in [4.69, 9.17) is 11.6 Å². The predicted molar refractivity (Wildman–Crippen MR) is 85.6 cm³/mol. The first-order chi connectivity index (χ1) is 10.1. The standard InChI is InChI=1S/C16H19ClN4/c1-11-9-15(19-10-18-11)20-14-7-8-21(2)16(14)12-3-5-13(17)6-4-12/h3-6,9-10,14,16H,7-8H2,1-2H3,(H,18,19,20). The molecule has 0 spiro atoms. The third-order valence-electron chi connectivity index (χ3n) is 4.00. The molecule has 2 atom stereocenters. The molecule has 2 aromatic rings. The van der Waals surface area contributed by atoms with Crippen LogP contribution >= 0.6 is 11.6 Å². The zero-order chi connectivity index (χ0) is 14.8. The number of aryl methyl sites for hydroxylation is 1. The molecule has 1 saturated heterocycles. The minimum atomic E-state index is 0.331. The maximum absolute atomic E-state index is 5.99. The van der Waals surface area contributed by atoms with Crippen LogP contribution in [0.25, 0.3) is 0 Å². The second kappa shape index (κ2) is 6.00. The van der Waals surface area contributed by atoms with Crippen LogP contribution in [0.15, 0.2) is 36.7 Å². The molecule has 0 aliphatic carbocycles. The Bertz CT molecular complexity index is 614. The fraction of sp³-hybridized carbons (Fsp3) is 0.375. The van der Waals surface area contributed by atoms with Crippen molar-refractivity contribution in [3.05, 3.63) is 52.9 Å². The summed E-state index contributed by atoms with van der Waals surface area (Å²) in [5.41, 5.74) is 2.25. The van der Waals surface area contributed by atoms with E-state index in [1.54, 1.807) is 6.33 Å². The highest BCUT2D eigenvalue weighted by atomic mass is 35.5. The number of nitrogens with zero attached hydrogens (tertiary/aromatic N) is 3. The lowest BCUT2D eigenvalue weighted by atomic mass is 10.0. The summed E-state index contributed by atoms with van der Waals surface area (Å²) in [5, 5.41) is 4.32. The molecular formula is C16H19ClN4. The molecule has 1 aliphatic heterocycles. The lowest BCUT2D eigenvalue weighted by Gasteiger charge is -2.26. The summed E-state index contributed by atoms with van der Waals surface area (Å²) in [6.45, 7) is 3.04. The van der Waals surface area contributed by atoms with Crippen molar-refractivity contribution in [2.24, 2.45) is 0 Å². The Hall–Kier alpha value is -1.65. The molecule has 1 fully saturated rings. The number of hydrogen-bond acceptors (Lipinski definition) is 4. The summed E-state index contributed by atoms with van der Waals surface area (Å²) in [7, 11) is 2.16. The monoisotopic (exact) mass is 302 g/mol. The van der Waals surface area contributed by atoms with Gasteiger partial charge in [-0.2, -0.15) is 0 Å². The smallest absolute Gasteiger partial charge is 0.129 e. The predicted octanol–water partition coefficient (Wildman–Crippen LogP) is 3.30. The molecule has 1 N–H and O–H groups in total. The molecule has 1 aromatic heterocycles. The Morgan fingerprint density at radius 3 is 2.71 bits per heavy atom. The van der Waals surface area contributed by atoms with E-state index in [0.717, 1.165) is 29.5 Å². The number of likely N-dealkylation sites (tertiary alicyclic amines) is 1. The SMILES string of the molecule is Cc1cc(NC2CCN(C)C2c2ccc(Cl)cc2)ncn1. The van der Waals surface area contributed by atoms with E-state index in [1.807, 2.05) is 25.1 Å². The van der Waals surface area contributed by atoms with Gasteiger partial charge in [0.25, 0.3) is 0 Å². The van der Waals surface area contributed by atoms with Crippen molar-refractivity contribution in [1.29, 1.82) is 0 Å². The summed E-state index contributed by atoms with van der Waals surface area (Å²) in [5.74, 6) is 0.891. The molecule has 0 radical (unpaired) electrons. The Kier molecular flexibility index (Phi) is 4.08. The van der Waals surface area contributed by atoms with Crippen LogP contribution in [0.4, 0.5) is 5.82 Å². The van der Waals surface area contributed by atoms with Gasteiger partial charge in [-0.15, -0.1) is 0 Å². The summed E-state index contributed by atoms with van der Waals surface area (Å²) in [6, 6.07) is 10.8. The molecule has 0 bridgehead atoms. The Morgan fingerprint density at radius 1 is 1.24 bits per heavy atom. The number of rotatable bonds is 3. The van der Waals surface area contributed by atoms with Crippen LogP contribution < -0.4 is 5.32 Å². The van der Waals surface area contributed by atoms with E-state index >= 15 is 0 Å². The molecule has 0 saturated carbocycles. The van der Waals surface area contributed by atoms with Gasteiger partial charge in [0.1, 0.15) is 12.1 Å². The fourth-order valence-corrected chi connectivity index (χ4v) is 3.09. The molecule has 5 heteroatoms. The van der Waals surface area contributed by atoms with Gasteiger partial charge in [-0.05, 0) is 38.1 Å². The molecule has 1 aliphatic rings. The second-order valence-corrected chi connectivity index (χ2v) is 6.00. The fourth-order valence-electron chi connectivity index (χ4n) is 2.97. The van der Waals surface area contributed by atoms with Crippen LogP contribution in [0.5, 0.6) is 0 Å². The maximum atomic E-state index is 5.99. The van der Waals surface area contributed by atoms with Crippen LogP contribution in [-0.4, -0.2) is 34.5 Å². The molecule has 0 amide bonds. The van der Waals surface area contributed by atoms with E-state index in [9.17, 15) is 0 Å². The van der Waals surface area contributed by atoms with Gasteiger partial charge < -0.3 is 5.32 Å². The Balaban J connectivity index is 1.82. The summed E-state index contributed by atoms with van der Waals surface area (Å²) >= 11 is 5.99. The van der Waals surface area contributed by atoms with Crippen molar-refractivity contribution in [3.63, 3.8) is 0 Å². The minimum absolute atomic E-state index is 0.331. The van der Waals surface area contributed by atoms with Gasteiger partial charge in [0.05, 0.1) is 6.04 Å². The molecule has 4 nitrogen and oxygen atoms in total. The molecule has 2 heterocycles. The number of halogens is 1. The number of nitrogens with one attached hydrogen (secondary N) is 1. The number of aromatic nitrogens is 2. The zero-order valence-electron chi connectivity index (χ0n) is 12.3. The number of anilines is 1. The first-order valence-corrected chi connectivity index (χ1v) is 7.52. The van der Waals surface area contributed by atoms with Gasteiger partial charge in [-0.1, -0.05) is 23.7 Å². The second-order valence-electron chi connectivity index (χ2n) is 5.56. The lowest BCUT2D eigenvalue weighted by molar-refractivity contribution is 0.309. The van der Waals surface area contributed by atoms with Gasteiger partial charge in [0.15, 0.2) is 0 Å². The lowest BCUT2D eigenvalue weighted by Crippen LogP contribution is -2.29. The minimum Gasteiger partial charge on any atom is -0.365 e. The van der Waals surface area contributed by atoms with Crippen molar-refractivity contribution in [2.45, 2.75) is 25.4 Å². The largest absolute Gasteiger partial charge is 0.365 e. The first kappa shape index (κ1) is 14.3. The van der Waals surface area contributed by atoms with Crippen molar-refractivity contribution in [3.8, 4) is 0 Å². The van der Waals surface area contributed by atoms with Gasteiger partial charge >= 0.3 is 0 Å². The van der Waals surface area contributed by atoms with Crippen LogP contribution in [0.2, 0.25) is 5.02 Å². The maximum Gasteiger partial charge on any atom is 0.129 e. The third-order valence-corrected chi connectivity index (χ3v) is 4.25. The molecule has 1 aromatic carbocycles. The van der Waals surface area contributed by atoms with Crippen LogP contribution in [0.1, 0.15) is 23.7 Å². The van der Waals surface area contributed by atoms with Crippen molar-refractivity contribution < 1.29 is 0 Å². The van der Waals surface area contributed by atoms with E-state index in [1.165, 1.54) is 5.56 Å². The quantitative estimate of drug-likeness (QED) is 0.944. The van der Waals surface area contributed by atoms with E-state index < -0.39 is 0 Å². The molecule has 2 unspecified atom stereocenters. The summed E-state index contributed by atoms with van der Waals surface area (Å²) < 4.78 is 0. The molecule has 3 rings (SSSR count). The number of likely N-dealkylation sites (N-methyl/N-ethyl adjacent to an activating group) is 1. The summed E-state index contributed by atoms with van der Waals surface area (Å²) in [6.07, 6.45) is 2.69. The zero-order valence-corrected chi connectivity index (χ0v) is 13.0. The van der Waals surface area contributed by atoms with E-state index in [0.29, 0.717) is 12.1 Å². The Labute approximate surface area is 130 Å². The topological polar surface area (TPSA) is 41.0 Å². The molecule has 110 valence electrons. The van der Waals surface area contributed by atoms with Crippen LogP contribution in [0, 0.1) is 6.92 Å². The summed E-state index contributed by atoms with van der Waals surface area (Å²) in [4.78, 5) is 10.8. The van der Waals surface area contributed by atoms with E-state index in [-0.39, 0.29) is 0 Å². The molecule has 21 heavy (non-hydrogen) atoms. The van der Waals surface area contributed by atoms with Crippen LogP contribution in [0.3, 0.4) is 0 Å².